The van der Waals surface area contributed by atoms with Gasteiger partial charge in [-0.15, -0.1) is 24.0 Å². The van der Waals surface area contributed by atoms with Crippen molar-refractivity contribution in [3.05, 3.63) is 0 Å². The molecule has 0 bridgehead atoms. The van der Waals surface area contributed by atoms with Gasteiger partial charge in [0, 0.05) is 24.4 Å². The number of thioether (sulfide) groups is 1. The van der Waals surface area contributed by atoms with Crippen molar-refractivity contribution in [2.24, 2.45) is 4.99 Å². The van der Waals surface area contributed by atoms with E-state index in [0.29, 0.717) is 31.9 Å². The maximum atomic E-state index is 5.69. The Hall–Kier alpha value is 0.270. The van der Waals surface area contributed by atoms with Crippen LogP contribution in [-0.2, 0) is 9.47 Å². The minimum atomic E-state index is 0. The Morgan fingerprint density at radius 2 is 2.12 bits per heavy atom. The molecule has 2 fully saturated rings. The minimum absolute atomic E-state index is 0. The summed E-state index contributed by atoms with van der Waals surface area (Å²) in [5.41, 5.74) is 0. The standard InChI is InChI=1S/C18H35N3O2S.HI/c1-3-19-18(20-10-12-22-14-16-8-6-11-23-16)21-15-7-5-9-17(13-15)24-4-2;/h15-17H,3-14H2,1-2H3,(H2,19,20,21);1H. The summed E-state index contributed by atoms with van der Waals surface area (Å²) < 4.78 is 11.3. The monoisotopic (exact) mass is 485 g/mol. The van der Waals surface area contributed by atoms with Crippen LogP contribution in [0.15, 0.2) is 4.99 Å². The molecule has 1 saturated heterocycles. The molecule has 2 N–H and O–H groups in total. The molecule has 1 aliphatic carbocycles. The van der Waals surface area contributed by atoms with Gasteiger partial charge >= 0.3 is 0 Å². The molecule has 0 aromatic heterocycles. The molecule has 1 heterocycles. The van der Waals surface area contributed by atoms with Crippen molar-refractivity contribution in [2.45, 2.75) is 69.8 Å². The van der Waals surface area contributed by atoms with Crippen LogP contribution < -0.4 is 10.6 Å². The summed E-state index contributed by atoms with van der Waals surface area (Å²) >= 11 is 2.10. The molecule has 0 spiro atoms. The van der Waals surface area contributed by atoms with E-state index >= 15 is 0 Å². The number of hydrogen-bond donors (Lipinski definition) is 2. The lowest BCUT2D eigenvalue weighted by Gasteiger charge is -2.30. The Morgan fingerprint density at radius 3 is 2.84 bits per heavy atom. The Morgan fingerprint density at radius 1 is 1.24 bits per heavy atom. The number of nitrogens with zero attached hydrogens (tertiary/aromatic N) is 1. The van der Waals surface area contributed by atoms with Gasteiger partial charge in [0.15, 0.2) is 5.96 Å². The molecule has 0 radical (unpaired) electrons. The van der Waals surface area contributed by atoms with Gasteiger partial charge in [-0.25, -0.2) is 0 Å². The summed E-state index contributed by atoms with van der Waals surface area (Å²) in [4.78, 5) is 4.66. The molecule has 1 aliphatic heterocycles. The Kier molecular flexibility index (Phi) is 13.4. The molecule has 148 valence electrons. The fraction of sp³-hybridized carbons (Fsp3) is 0.944. The molecule has 2 rings (SSSR count). The highest BCUT2D eigenvalue weighted by molar-refractivity contribution is 14.0. The van der Waals surface area contributed by atoms with Gasteiger partial charge in [0.25, 0.3) is 0 Å². The molecule has 7 heteroatoms. The summed E-state index contributed by atoms with van der Waals surface area (Å²) in [6.45, 7) is 8.21. The first-order chi connectivity index (χ1) is 11.8. The predicted octanol–water partition coefficient (Wildman–Crippen LogP) is 3.42. The molecule has 0 amide bonds. The second kappa shape index (κ2) is 14.3. The van der Waals surface area contributed by atoms with E-state index in [0.717, 1.165) is 30.8 Å². The number of nitrogens with one attached hydrogen (secondary N) is 2. The summed E-state index contributed by atoms with van der Waals surface area (Å²) in [6.07, 6.45) is 7.78. The van der Waals surface area contributed by atoms with Crippen LogP contribution in [0, 0.1) is 0 Å². The van der Waals surface area contributed by atoms with E-state index in [1.807, 2.05) is 0 Å². The van der Waals surface area contributed by atoms with Crippen molar-refractivity contribution in [3.8, 4) is 0 Å². The number of aliphatic imine (C=N–C) groups is 1. The van der Waals surface area contributed by atoms with Crippen LogP contribution in [0.4, 0.5) is 0 Å². The van der Waals surface area contributed by atoms with Crippen LogP contribution in [-0.4, -0.2) is 62.0 Å². The molecule has 5 nitrogen and oxygen atoms in total. The molecule has 1 saturated carbocycles. The topological polar surface area (TPSA) is 54.9 Å². The average Bonchev–Trinajstić information content (AvgIpc) is 3.09. The fourth-order valence-corrected chi connectivity index (χ4v) is 4.56. The highest BCUT2D eigenvalue weighted by atomic mass is 127. The highest BCUT2D eigenvalue weighted by Gasteiger charge is 2.22. The van der Waals surface area contributed by atoms with Crippen LogP contribution in [0.2, 0.25) is 0 Å². The average molecular weight is 485 g/mol. The zero-order valence-electron chi connectivity index (χ0n) is 15.8. The van der Waals surface area contributed by atoms with Crippen molar-refractivity contribution >= 4 is 41.7 Å². The number of halogens is 1. The summed E-state index contributed by atoms with van der Waals surface area (Å²) in [5.74, 6) is 2.15. The number of hydrogen-bond acceptors (Lipinski definition) is 4. The normalized spacial score (nSPS) is 27.0. The van der Waals surface area contributed by atoms with Gasteiger partial charge in [0.2, 0.25) is 0 Å². The maximum Gasteiger partial charge on any atom is 0.191 e. The zero-order chi connectivity index (χ0) is 17.0. The van der Waals surface area contributed by atoms with Crippen molar-refractivity contribution in [1.29, 1.82) is 0 Å². The van der Waals surface area contributed by atoms with E-state index in [1.165, 1.54) is 37.9 Å². The van der Waals surface area contributed by atoms with Gasteiger partial charge in [0.1, 0.15) is 0 Å². The van der Waals surface area contributed by atoms with E-state index in [4.69, 9.17) is 9.47 Å². The summed E-state index contributed by atoms with van der Waals surface area (Å²) in [7, 11) is 0. The zero-order valence-corrected chi connectivity index (χ0v) is 18.9. The lowest BCUT2D eigenvalue weighted by Crippen LogP contribution is -2.45. The summed E-state index contributed by atoms with van der Waals surface area (Å²) in [5, 5.41) is 7.79. The molecule has 2 aliphatic rings. The molecule has 0 aromatic rings. The summed E-state index contributed by atoms with van der Waals surface area (Å²) in [6, 6.07) is 0.549. The third kappa shape index (κ3) is 9.68. The van der Waals surface area contributed by atoms with Gasteiger partial charge in [-0.1, -0.05) is 13.3 Å². The first-order valence-electron chi connectivity index (χ1n) is 9.67. The molecule has 3 unspecified atom stereocenters. The van der Waals surface area contributed by atoms with Crippen molar-refractivity contribution < 1.29 is 9.47 Å². The SMILES string of the molecule is CCNC(=NCCOCC1CCCO1)NC1CCCC(SCC)C1.I. The van der Waals surface area contributed by atoms with Crippen molar-refractivity contribution in [1.82, 2.24) is 10.6 Å². The largest absolute Gasteiger partial charge is 0.377 e. The molecular weight excluding hydrogens is 449 g/mol. The number of ether oxygens (including phenoxy) is 2. The van der Waals surface area contributed by atoms with Crippen LogP contribution in [0.3, 0.4) is 0 Å². The van der Waals surface area contributed by atoms with Gasteiger partial charge in [-0.05, 0) is 44.8 Å². The van der Waals surface area contributed by atoms with E-state index < -0.39 is 0 Å². The lowest BCUT2D eigenvalue weighted by atomic mass is 9.95. The number of rotatable bonds is 9. The minimum Gasteiger partial charge on any atom is -0.377 e. The van der Waals surface area contributed by atoms with Crippen LogP contribution in [0.1, 0.15) is 52.4 Å². The first-order valence-corrected chi connectivity index (χ1v) is 10.7. The van der Waals surface area contributed by atoms with E-state index in [2.05, 4.69) is 41.2 Å². The van der Waals surface area contributed by atoms with Gasteiger partial charge in [-0.2, -0.15) is 11.8 Å². The predicted molar refractivity (Wildman–Crippen MR) is 118 cm³/mol. The fourth-order valence-electron chi connectivity index (χ4n) is 3.39. The quantitative estimate of drug-likeness (QED) is 0.227. The second-order valence-electron chi connectivity index (χ2n) is 6.56. The Bertz CT molecular complexity index is 366. The first kappa shape index (κ1) is 23.3. The number of guanidine groups is 1. The van der Waals surface area contributed by atoms with E-state index in [9.17, 15) is 0 Å². The van der Waals surface area contributed by atoms with Crippen LogP contribution in [0.5, 0.6) is 0 Å². The third-order valence-electron chi connectivity index (χ3n) is 4.55. The van der Waals surface area contributed by atoms with Gasteiger partial charge in [0.05, 0.1) is 25.9 Å². The van der Waals surface area contributed by atoms with E-state index in [-0.39, 0.29) is 24.0 Å². The smallest absolute Gasteiger partial charge is 0.191 e. The van der Waals surface area contributed by atoms with Crippen LogP contribution >= 0.6 is 35.7 Å². The van der Waals surface area contributed by atoms with Gasteiger partial charge in [-0.3, -0.25) is 4.99 Å². The second-order valence-corrected chi connectivity index (χ2v) is 8.13. The molecule has 25 heavy (non-hydrogen) atoms. The van der Waals surface area contributed by atoms with Crippen molar-refractivity contribution in [2.75, 3.05) is 38.7 Å². The van der Waals surface area contributed by atoms with Crippen molar-refractivity contribution in [3.63, 3.8) is 0 Å². The maximum absolute atomic E-state index is 5.69. The Labute approximate surface area is 174 Å². The molecule has 3 atom stereocenters. The highest BCUT2D eigenvalue weighted by Crippen LogP contribution is 2.28. The third-order valence-corrected chi connectivity index (χ3v) is 5.78. The lowest BCUT2D eigenvalue weighted by molar-refractivity contribution is 0.0200. The molecule has 0 aromatic carbocycles. The van der Waals surface area contributed by atoms with Crippen LogP contribution in [0.25, 0.3) is 0 Å². The molecular formula is C18H36IN3O2S. The Balaban J connectivity index is 0.00000312. The van der Waals surface area contributed by atoms with Gasteiger partial charge < -0.3 is 20.1 Å². The van der Waals surface area contributed by atoms with E-state index in [1.54, 1.807) is 0 Å².